The molecule has 2 aliphatic rings. The first-order valence-corrected chi connectivity index (χ1v) is 10.8. The molecule has 0 bridgehead atoms. The van der Waals surface area contributed by atoms with Crippen LogP contribution in [0.3, 0.4) is 0 Å². The van der Waals surface area contributed by atoms with Crippen LogP contribution < -0.4 is 4.90 Å². The van der Waals surface area contributed by atoms with Crippen molar-refractivity contribution in [2.24, 2.45) is 0 Å². The van der Waals surface area contributed by atoms with E-state index in [2.05, 4.69) is 34.3 Å². The van der Waals surface area contributed by atoms with Gasteiger partial charge in [0.05, 0.1) is 10.2 Å². The van der Waals surface area contributed by atoms with Gasteiger partial charge in [0.1, 0.15) is 0 Å². The maximum absolute atomic E-state index is 4.95. The Morgan fingerprint density at radius 1 is 1.09 bits per heavy atom. The minimum Gasteiger partial charge on any atom is -0.345 e. The van der Waals surface area contributed by atoms with Gasteiger partial charge in [0.2, 0.25) is 0 Å². The van der Waals surface area contributed by atoms with Gasteiger partial charge in [0.15, 0.2) is 5.13 Å². The zero-order valence-corrected chi connectivity index (χ0v) is 15.5. The molecule has 2 fully saturated rings. The number of benzene rings is 1. The van der Waals surface area contributed by atoms with Crippen LogP contribution >= 0.6 is 23.1 Å². The van der Waals surface area contributed by atoms with Crippen molar-refractivity contribution in [2.45, 2.75) is 43.0 Å². The summed E-state index contributed by atoms with van der Waals surface area (Å²) in [4.78, 5) is 11.5. The van der Waals surface area contributed by atoms with Crippen LogP contribution in [-0.4, -0.2) is 48.4 Å². The summed E-state index contributed by atoms with van der Waals surface area (Å²) in [7, 11) is 0. The molecule has 1 aromatic heterocycles. The number of aromatic nitrogens is 1. The third-order valence-electron chi connectivity index (χ3n) is 5.27. The van der Waals surface area contributed by atoms with Crippen LogP contribution in [0.5, 0.6) is 0 Å². The molecule has 0 amide bonds. The fourth-order valence-corrected chi connectivity index (χ4v) is 5.61. The van der Waals surface area contributed by atoms with Gasteiger partial charge in [-0.3, -0.25) is 4.90 Å². The van der Waals surface area contributed by atoms with E-state index >= 15 is 0 Å². The highest BCUT2D eigenvalue weighted by molar-refractivity contribution is 7.98. The average molecular weight is 348 g/mol. The molecule has 0 unspecified atom stereocenters. The van der Waals surface area contributed by atoms with Gasteiger partial charge in [-0.1, -0.05) is 36.7 Å². The highest BCUT2D eigenvalue weighted by Crippen LogP contribution is 2.34. The van der Waals surface area contributed by atoms with E-state index in [1.54, 1.807) is 11.8 Å². The van der Waals surface area contributed by atoms with Gasteiger partial charge in [-0.15, -0.1) is 11.8 Å². The zero-order chi connectivity index (χ0) is 15.6. The number of thiazole rings is 1. The lowest BCUT2D eigenvalue weighted by molar-refractivity contribution is 0.148. The molecule has 1 saturated carbocycles. The number of thioether (sulfide) groups is 1. The molecule has 1 saturated heterocycles. The van der Waals surface area contributed by atoms with E-state index in [0.717, 1.165) is 19.1 Å². The van der Waals surface area contributed by atoms with Crippen LogP contribution in [-0.2, 0) is 0 Å². The van der Waals surface area contributed by atoms with Gasteiger partial charge in [0.25, 0.3) is 0 Å². The average Bonchev–Trinajstić information content (AvgIpc) is 3.07. The van der Waals surface area contributed by atoms with E-state index in [0.29, 0.717) is 0 Å². The largest absolute Gasteiger partial charge is 0.345 e. The maximum Gasteiger partial charge on any atom is 0.186 e. The zero-order valence-electron chi connectivity index (χ0n) is 13.8. The molecule has 3 nitrogen and oxygen atoms in total. The summed E-state index contributed by atoms with van der Waals surface area (Å²) in [5, 5.41) is 1.21. The quantitative estimate of drug-likeness (QED) is 0.763. The number of hydrogen-bond donors (Lipinski definition) is 0. The van der Waals surface area contributed by atoms with Crippen molar-refractivity contribution < 1.29 is 0 Å². The number of anilines is 1. The molecule has 1 aromatic carbocycles. The van der Waals surface area contributed by atoms with Gasteiger partial charge in [-0.05, 0) is 31.2 Å². The lowest BCUT2D eigenvalue weighted by Gasteiger charge is -2.40. The molecule has 4 rings (SSSR count). The Morgan fingerprint density at radius 2 is 1.87 bits per heavy atom. The number of para-hydroxylation sites is 1. The van der Waals surface area contributed by atoms with Crippen LogP contribution in [0.15, 0.2) is 23.1 Å². The Hall–Kier alpha value is -0.780. The predicted octanol–water partition coefficient (Wildman–Crippen LogP) is 4.47. The number of fused-ring (bicyclic) bond motifs is 1. The molecule has 1 aliphatic carbocycles. The Kier molecular flexibility index (Phi) is 4.78. The van der Waals surface area contributed by atoms with Crippen LogP contribution in [0.2, 0.25) is 0 Å². The summed E-state index contributed by atoms with van der Waals surface area (Å²) in [6, 6.07) is 7.38. The van der Waals surface area contributed by atoms with Crippen molar-refractivity contribution >= 4 is 38.4 Å². The fraction of sp³-hybridized carbons (Fsp3) is 0.611. The molecular formula is C18H25N3S2. The van der Waals surface area contributed by atoms with E-state index < -0.39 is 0 Å². The highest BCUT2D eigenvalue weighted by Gasteiger charge is 2.26. The Morgan fingerprint density at radius 3 is 2.61 bits per heavy atom. The second kappa shape index (κ2) is 6.99. The van der Waals surface area contributed by atoms with Gasteiger partial charge in [-0.2, -0.15) is 0 Å². The second-order valence-corrected chi connectivity index (χ2v) is 8.48. The Labute approximate surface area is 147 Å². The van der Waals surface area contributed by atoms with E-state index in [1.807, 2.05) is 11.3 Å². The summed E-state index contributed by atoms with van der Waals surface area (Å²) in [6.07, 6.45) is 9.27. The molecule has 0 spiro atoms. The van der Waals surface area contributed by atoms with Crippen molar-refractivity contribution in [3.63, 3.8) is 0 Å². The number of nitrogens with zero attached hydrogens (tertiary/aromatic N) is 3. The summed E-state index contributed by atoms with van der Waals surface area (Å²) in [6.45, 7) is 4.67. The minimum absolute atomic E-state index is 0.851. The summed E-state index contributed by atoms with van der Waals surface area (Å²) >= 11 is 3.65. The standard InChI is InChI=1S/C18H25N3S2/c1-22-15-8-5-9-16-17(15)19-18(23-16)21-12-10-20(11-13-21)14-6-3-2-4-7-14/h5,8-9,14H,2-4,6-7,10-13H2,1H3. The first-order valence-electron chi connectivity index (χ1n) is 8.78. The first-order chi connectivity index (χ1) is 11.3. The third-order valence-corrected chi connectivity index (χ3v) is 7.12. The van der Waals surface area contributed by atoms with Gasteiger partial charge < -0.3 is 4.90 Å². The Bertz CT molecular complexity index is 655. The first kappa shape index (κ1) is 15.7. The maximum atomic E-state index is 4.95. The fourth-order valence-electron chi connectivity index (χ4n) is 3.94. The third kappa shape index (κ3) is 3.24. The normalized spacial score (nSPS) is 21.2. The SMILES string of the molecule is CSc1cccc2sc(N3CCN(C4CCCCC4)CC3)nc12. The predicted molar refractivity (Wildman–Crippen MR) is 102 cm³/mol. The lowest BCUT2D eigenvalue weighted by atomic mass is 9.94. The van der Waals surface area contributed by atoms with Crippen LogP contribution in [0.4, 0.5) is 5.13 Å². The topological polar surface area (TPSA) is 19.4 Å². The highest BCUT2D eigenvalue weighted by atomic mass is 32.2. The van der Waals surface area contributed by atoms with E-state index in [-0.39, 0.29) is 0 Å². The molecule has 23 heavy (non-hydrogen) atoms. The van der Waals surface area contributed by atoms with Crippen molar-refractivity contribution in [2.75, 3.05) is 37.3 Å². The van der Waals surface area contributed by atoms with Crippen molar-refractivity contribution in [1.82, 2.24) is 9.88 Å². The van der Waals surface area contributed by atoms with Crippen molar-refractivity contribution in [3.05, 3.63) is 18.2 Å². The van der Waals surface area contributed by atoms with Gasteiger partial charge in [0, 0.05) is 37.1 Å². The van der Waals surface area contributed by atoms with Crippen molar-refractivity contribution in [3.8, 4) is 0 Å². The number of piperazine rings is 1. The smallest absolute Gasteiger partial charge is 0.186 e. The van der Waals surface area contributed by atoms with Crippen LogP contribution in [0.25, 0.3) is 10.2 Å². The van der Waals surface area contributed by atoms with Gasteiger partial charge >= 0.3 is 0 Å². The van der Waals surface area contributed by atoms with Crippen LogP contribution in [0, 0.1) is 0 Å². The minimum atomic E-state index is 0.851. The molecule has 2 heterocycles. The van der Waals surface area contributed by atoms with E-state index in [4.69, 9.17) is 4.98 Å². The molecule has 0 N–H and O–H groups in total. The van der Waals surface area contributed by atoms with Crippen molar-refractivity contribution in [1.29, 1.82) is 0 Å². The molecule has 2 aromatic rings. The second-order valence-electron chi connectivity index (χ2n) is 6.62. The Balaban J connectivity index is 1.45. The molecule has 1 aliphatic heterocycles. The molecular weight excluding hydrogens is 322 g/mol. The lowest BCUT2D eigenvalue weighted by Crippen LogP contribution is -2.50. The summed E-state index contributed by atoms with van der Waals surface area (Å²) in [5.74, 6) is 0. The van der Waals surface area contributed by atoms with Crippen LogP contribution in [0.1, 0.15) is 32.1 Å². The molecule has 0 atom stereocenters. The van der Waals surface area contributed by atoms with E-state index in [1.165, 1.54) is 65.4 Å². The number of rotatable bonds is 3. The van der Waals surface area contributed by atoms with Gasteiger partial charge in [-0.25, -0.2) is 4.98 Å². The van der Waals surface area contributed by atoms with E-state index in [9.17, 15) is 0 Å². The monoisotopic (exact) mass is 347 g/mol. The summed E-state index contributed by atoms with van der Waals surface area (Å²) in [5.41, 5.74) is 1.19. The number of hydrogen-bond acceptors (Lipinski definition) is 5. The summed E-state index contributed by atoms with van der Waals surface area (Å²) < 4.78 is 1.32. The molecule has 124 valence electrons. The molecule has 0 radical (unpaired) electrons. The molecule has 5 heteroatoms.